The van der Waals surface area contributed by atoms with E-state index in [0.29, 0.717) is 37.4 Å². The maximum atomic E-state index is 13.8. The second-order valence-electron chi connectivity index (χ2n) is 6.13. The second-order valence-corrected chi connectivity index (χ2v) is 6.56. The topological polar surface area (TPSA) is 49.8 Å². The first kappa shape index (κ1) is 15.7. The summed E-state index contributed by atoms with van der Waals surface area (Å²) in [4.78, 5) is 14.1. The van der Waals surface area contributed by atoms with E-state index in [9.17, 15) is 14.3 Å². The molecule has 2 fully saturated rings. The highest BCUT2D eigenvalue weighted by atomic mass is 35.5. The number of amides is 1. The zero-order valence-corrected chi connectivity index (χ0v) is 13.1. The van der Waals surface area contributed by atoms with E-state index in [2.05, 4.69) is 0 Å². The van der Waals surface area contributed by atoms with Gasteiger partial charge in [-0.25, -0.2) is 4.39 Å². The summed E-state index contributed by atoms with van der Waals surface area (Å²) in [5.41, 5.74) is -0.251. The summed E-state index contributed by atoms with van der Waals surface area (Å²) >= 11 is 5.85. The van der Waals surface area contributed by atoms with Crippen LogP contribution in [0.1, 0.15) is 29.6 Å². The van der Waals surface area contributed by atoms with Gasteiger partial charge in [0.25, 0.3) is 5.91 Å². The van der Waals surface area contributed by atoms with Crippen molar-refractivity contribution >= 4 is 17.5 Å². The number of carbonyl (C=O) groups excluding carboxylic acids is 1. The summed E-state index contributed by atoms with van der Waals surface area (Å²) < 4.78 is 19.2. The molecular weight excluding hydrogens is 309 g/mol. The van der Waals surface area contributed by atoms with E-state index in [1.165, 1.54) is 18.2 Å². The Morgan fingerprint density at radius 2 is 2.14 bits per heavy atom. The molecule has 2 aliphatic rings. The first-order valence-corrected chi connectivity index (χ1v) is 7.81. The van der Waals surface area contributed by atoms with Gasteiger partial charge in [0.1, 0.15) is 5.82 Å². The molecule has 0 unspecified atom stereocenters. The van der Waals surface area contributed by atoms with Crippen molar-refractivity contribution in [1.29, 1.82) is 0 Å². The Hall–Kier alpha value is -1.17. The number of aliphatic hydroxyl groups excluding tert-OH is 1. The zero-order valence-electron chi connectivity index (χ0n) is 12.4. The van der Waals surface area contributed by atoms with E-state index in [-0.39, 0.29) is 29.1 Å². The number of piperidine rings is 1. The molecule has 1 saturated carbocycles. The molecular formula is C16H19ClFNO3. The number of aliphatic hydroxyl groups is 1. The van der Waals surface area contributed by atoms with Gasteiger partial charge in [0.2, 0.25) is 0 Å². The molecule has 6 heteroatoms. The summed E-state index contributed by atoms with van der Waals surface area (Å²) in [5.74, 6) is -0.911. The number of hydrogen-bond donors (Lipinski definition) is 1. The summed E-state index contributed by atoms with van der Waals surface area (Å²) in [7, 11) is 1.65. The molecule has 1 N–H and O–H groups in total. The van der Waals surface area contributed by atoms with Gasteiger partial charge in [0.05, 0.1) is 17.8 Å². The van der Waals surface area contributed by atoms with Crippen molar-refractivity contribution in [1.82, 2.24) is 4.90 Å². The van der Waals surface area contributed by atoms with Crippen LogP contribution in [0.15, 0.2) is 18.2 Å². The smallest absolute Gasteiger partial charge is 0.256 e. The molecule has 1 saturated heterocycles. The number of halogens is 2. The van der Waals surface area contributed by atoms with Crippen molar-refractivity contribution < 1.29 is 19.0 Å². The Bertz CT molecular complexity index is 587. The van der Waals surface area contributed by atoms with Crippen LogP contribution in [-0.2, 0) is 4.74 Å². The van der Waals surface area contributed by atoms with Crippen LogP contribution in [0, 0.1) is 11.2 Å². The fourth-order valence-electron chi connectivity index (χ4n) is 3.67. The molecule has 1 aromatic rings. The Labute approximate surface area is 133 Å². The molecule has 1 aliphatic carbocycles. The summed E-state index contributed by atoms with van der Waals surface area (Å²) in [6.45, 7) is 0.976. The minimum atomic E-state index is -0.562. The van der Waals surface area contributed by atoms with Gasteiger partial charge in [-0.15, -0.1) is 0 Å². The average molecular weight is 328 g/mol. The van der Waals surface area contributed by atoms with Crippen molar-refractivity contribution in [3.05, 3.63) is 34.6 Å². The fraction of sp³-hybridized carbons (Fsp3) is 0.562. The number of methoxy groups -OCH3 is 1. The highest BCUT2D eigenvalue weighted by Crippen LogP contribution is 2.50. The van der Waals surface area contributed by atoms with Crippen LogP contribution in [0.3, 0.4) is 0 Å². The van der Waals surface area contributed by atoms with E-state index in [1.807, 2.05) is 0 Å². The molecule has 1 amide bonds. The van der Waals surface area contributed by atoms with E-state index in [4.69, 9.17) is 16.3 Å². The Balaban J connectivity index is 1.71. The van der Waals surface area contributed by atoms with Crippen LogP contribution in [0.2, 0.25) is 5.02 Å². The van der Waals surface area contributed by atoms with Gasteiger partial charge in [0.15, 0.2) is 0 Å². The minimum absolute atomic E-state index is 0.000833. The molecule has 2 atom stereocenters. The molecule has 0 bridgehead atoms. The van der Waals surface area contributed by atoms with Gasteiger partial charge < -0.3 is 14.7 Å². The van der Waals surface area contributed by atoms with Crippen LogP contribution < -0.4 is 0 Å². The Kier molecular flexibility index (Phi) is 4.14. The van der Waals surface area contributed by atoms with Crippen LogP contribution in [-0.4, -0.2) is 48.3 Å². The first-order chi connectivity index (χ1) is 10.5. The number of nitrogens with zero attached hydrogens (tertiary/aromatic N) is 1. The maximum Gasteiger partial charge on any atom is 0.256 e. The Morgan fingerprint density at radius 1 is 1.45 bits per heavy atom. The largest absolute Gasteiger partial charge is 0.392 e. The number of ether oxygens (including phenoxy) is 1. The van der Waals surface area contributed by atoms with Crippen LogP contribution in [0.25, 0.3) is 0 Å². The van der Waals surface area contributed by atoms with Crippen molar-refractivity contribution in [2.24, 2.45) is 5.41 Å². The zero-order chi connectivity index (χ0) is 15.9. The highest BCUT2D eigenvalue weighted by molar-refractivity contribution is 6.31. The second kappa shape index (κ2) is 5.80. The fourth-order valence-corrected chi connectivity index (χ4v) is 3.84. The van der Waals surface area contributed by atoms with Crippen LogP contribution in [0.4, 0.5) is 4.39 Å². The van der Waals surface area contributed by atoms with Gasteiger partial charge in [-0.3, -0.25) is 4.79 Å². The summed E-state index contributed by atoms with van der Waals surface area (Å²) in [6, 6.07) is 3.99. The van der Waals surface area contributed by atoms with Gasteiger partial charge in [-0.2, -0.15) is 0 Å². The van der Waals surface area contributed by atoms with Crippen molar-refractivity contribution in [3.63, 3.8) is 0 Å². The first-order valence-electron chi connectivity index (χ1n) is 7.43. The predicted molar refractivity (Wildman–Crippen MR) is 80.4 cm³/mol. The molecule has 1 aromatic carbocycles. The summed E-state index contributed by atoms with van der Waals surface area (Å²) in [5, 5.41) is 10.4. The predicted octanol–water partition coefficient (Wildman–Crippen LogP) is 2.48. The normalized spacial score (nSPS) is 26.8. The SMILES string of the molecule is CO[C@H]1C[C@@H](O)C12CCN(C(=O)c1cc(Cl)ccc1F)CC2. The van der Waals surface area contributed by atoms with Crippen molar-refractivity contribution in [2.75, 3.05) is 20.2 Å². The van der Waals surface area contributed by atoms with Crippen molar-refractivity contribution in [2.45, 2.75) is 31.5 Å². The summed E-state index contributed by atoms with van der Waals surface area (Å²) in [6.07, 6.45) is 1.65. The third-order valence-corrected chi connectivity index (χ3v) is 5.40. The number of likely N-dealkylation sites (tertiary alicyclic amines) is 1. The van der Waals surface area contributed by atoms with E-state index < -0.39 is 5.82 Å². The molecule has 120 valence electrons. The van der Waals surface area contributed by atoms with Crippen LogP contribution in [0.5, 0.6) is 0 Å². The lowest BCUT2D eigenvalue weighted by Gasteiger charge is -2.56. The lowest BCUT2D eigenvalue weighted by Crippen LogP contribution is -2.62. The minimum Gasteiger partial charge on any atom is -0.392 e. The molecule has 1 spiro atoms. The third kappa shape index (κ3) is 2.41. The number of hydrogen-bond acceptors (Lipinski definition) is 3. The van der Waals surface area contributed by atoms with E-state index in [0.717, 1.165) is 0 Å². The monoisotopic (exact) mass is 327 g/mol. The standard InChI is InChI=1S/C16H19ClFNO3/c1-22-14-9-13(20)16(14)4-6-19(7-5-16)15(21)11-8-10(17)2-3-12(11)18/h2-3,8,13-14,20H,4-7,9H2,1H3/t13-,14+/m1/s1. The highest BCUT2D eigenvalue weighted by Gasteiger charge is 2.56. The van der Waals surface area contributed by atoms with Crippen LogP contribution >= 0.6 is 11.6 Å². The molecule has 0 radical (unpaired) electrons. The number of benzene rings is 1. The van der Waals surface area contributed by atoms with Gasteiger partial charge in [-0.1, -0.05) is 11.6 Å². The molecule has 3 rings (SSSR count). The average Bonchev–Trinajstić information content (AvgIpc) is 2.54. The molecule has 1 heterocycles. The van der Waals surface area contributed by atoms with Crippen molar-refractivity contribution in [3.8, 4) is 0 Å². The number of carbonyl (C=O) groups is 1. The van der Waals surface area contributed by atoms with Gasteiger partial charge in [-0.05, 0) is 31.0 Å². The lowest BCUT2D eigenvalue weighted by molar-refractivity contribution is -0.199. The number of rotatable bonds is 2. The van der Waals surface area contributed by atoms with E-state index in [1.54, 1.807) is 12.0 Å². The molecule has 4 nitrogen and oxygen atoms in total. The van der Waals surface area contributed by atoms with Gasteiger partial charge >= 0.3 is 0 Å². The van der Waals surface area contributed by atoms with Gasteiger partial charge in [0, 0.05) is 37.1 Å². The molecule has 1 aliphatic heterocycles. The molecule has 22 heavy (non-hydrogen) atoms. The third-order valence-electron chi connectivity index (χ3n) is 5.17. The Morgan fingerprint density at radius 3 is 2.73 bits per heavy atom. The maximum absolute atomic E-state index is 13.8. The molecule has 0 aromatic heterocycles. The lowest BCUT2D eigenvalue weighted by atomic mass is 9.58. The van der Waals surface area contributed by atoms with E-state index >= 15 is 0 Å². The quantitative estimate of drug-likeness (QED) is 0.908.